The van der Waals surface area contributed by atoms with Crippen molar-refractivity contribution in [2.45, 2.75) is 136 Å². The Labute approximate surface area is 266 Å². The number of methoxy groups -OCH3 is 1. The minimum absolute atomic E-state index is 0.157. The summed E-state index contributed by atoms with van der Waals surface area (Å²) < 4.78 is 37.9. The van der Waals surface area contributed by atoms with Gasteiger partial charge >= 0.3 is 11.9 Å². The Bertz CT molecular complexity index is 1330. The molecule has 6 aliphatic rings. The van der Waals surface area contributed by atoms with E-state index < -0.39 is 59.1 Å². The molecule has 0 radical (unpaired) electrons. The molecule has 2 aliphatic heterocycles. The second kappa shape index (κ2) is 10.4. The number of esters is 2. The van der Waals surface area contributed by atoms with Crippen LogP contribution in [0.4, 0.5) is 0 Å². The fourth-order valence-electron chi connectivity index (χ4n) is 11.1. The molecule has 10 heteroatoms. The fraction of sp³-hybridized carbons (Fsp3) is 0.800. The van der Waals surface area contributed by atoms with Crippen molar-refractivity contribution in [1.29, 1.82) is 0 Å². The van der Waals surface area contributed by atoms with E-state index in [0.717, 1.165) is 32.1 Å². The molecule has 1 spiro atoms. The molecule has 45 heavy (non-hydrogen) atoms. The summed E-state index contributed by atoms with van der Waals surface area (Å²) in [6, 6.07) is 0. The first-order valence-corrected chi connectivity index (χ1v) is 16.4. The average molecular weight is 631 g/mol. The summed E-state index contributed by atoms with van der Waals surface area (Å²) in [5.41, 5.74) is -4.40. The molecule has 0 unspecified atom stereocenters. The highest BCUT2D eigenvalue weighted by Gasteiger charge is 2.77. The zero-order valence-corrected chi connectivity index (χ0v) is 28.1. The Morgan fingerprint density at radius 2 is 1.33 bits per heavy atom. The van der Waals surface area contributed by atoms with E-state index in [2.05, 4.69) is 34.6 Å². The molecule has 1 N–H and O–H groups in total. The van der Waals surface area contributed by atoms with Crippen molar-refractivity contribution >= 4 is 18.2 Å². The number of hydrogen-bond acceptors (Lipinski definition) is 10. The van der Waals surface area contributed by atoms with Crippen molar-refractivity contribution in [2.24, 2.45) is 33.5 Å². The second-order valence-corrected chi connectivity index (χ2v) is 16.1. The summed E-state index contributed by atoms with van der Waals surface area (Å²) in [6.45, 7) is 15.4. The smallest absolute Gasteiger partial charge is 0.303 e. The largest absolute Gasteiger partial charge is 0.458 e. The van der Waals surface area contributed by atoms with Gasteiger partial charge in [-0.15, -0.1) is 0 Å². The number of carbonyl (C=O) groups excluding carboxylic acids is 3. The molecule has 4 aliphatic carbocycles. The van der Waals surface area contributed by atoms with Crippen LogP contribution in [0.15, 0.2) is 23.3 Å². The number of fused-ring (bicyclic) bond motifs is 2. The fourth-order valence-corrected chi connectivity index (χ4v) is 11.1. The standard InChI is InChI=1S/C35H50O10/c1-19(37)41-23-16-21(34(39,18-36)32(7)14-10-12-30(3,4)25(23)32)28-44-29-35(45-28)22(27(40-9)43-29)17-24(42-20(2)38)26-31(5,6)13-11-15-33(26,35)8/h16-18,23-29,39H,10-15H2,1-9H3/t23-,24-,25-,26-,27-,28+,29-,32-,33-,34+,35-/m0/s1. The maximum absolute atomic E-state index is 13.2. The van der Waals surface area contributed by atoms with Crippen LogP contribution in [-0.4, -0.2) is 72.7 Å². The third kappa shape index (κ3) is 4.34. The van der Waals surface area contributed by atoms with Crippen molar-refractivity contribution in [3.8, 4) is 0 Å². The number of hydrogen-bond donors (Lipinski definition) is 1. The molecule has 4 fully saturated rings. The van der Waals surface area contributed by atoms with Gasteiger partial charge in [0.05, 0.1) is 0 Å². The monoisotopic (exact) mass is 630 g/mol. The third-order valence-electron chi connectivity index (χ3n) is 12.6. The zero-order chi connectivity index (χ0) is 33.0. The molecule has 0 amide bonds. The van der Waals surface area contributed by atoms with Crippen LogP contribution in [-0.2, 0) is 42.8 Å². The predicted molar refractivity (Wildman–Crippen MR) is 161 cm³/mol. The lowest BCUT2D eigenvalue weighted by Gasteiger charge is -2.61. The van der Waals surface area contributed by atoms with E-state index in [9.17, 15) is 19.5 Å². The van der Waals surface area contributed by atoms with E-state index in [1.54, 1.807) is 13.2 Å². The molecule has 6 rings (SSSR count). The summed E-state index contributed by atoms with van der Waals surface area (Å²) in [5.74, 6) is -1.30. The van der Waals surface area contributed by atoms with Gasteiger partial charge in [-0.25, -0.2) is 0 Å². The second-order valence-electron chi connectivity index (χ2n) is 16.1. The summed E-state index contributed by atoms with van der Waals surface area (Å²) in [4.78, 5) is 38.0. The first-order chi connectivity index (χ1) is 20.9. The molecule has 2 saturated carbocycles. The van der Waals surface area contributed by atoms with Crippen LogP contribution in [0.25, 0.3) is 0 Å². The molecule has 2 saturated heterocycles. The highest BCUT2D eigenvalue weighted by molar-refractivity contribution is 5.73. The lowest BCUT2D eigenvalue weighted by Crippen LogP contribution is -2.66. The van der Waals surface area contributed by atoms with E-state index in [1.807, 2.05) is 13.0 Å². The van der Waals surface area contributed by atoms with Gasteiger partial charge in [-0.1, -0.05) is 54.4 Å². The van der Waals surface area contributed by atoms with E-state index in [1.165, 1.54) is 13.8 Å². The van der Waals surface area contributed by atoms with Gasteiger partial charge in [-0.05, 0) is 48.7 Å². The SMILES string of the molecule is CO[C@H]1O[C@H]2O[C@@H](C3=C[C@H](OC(C)=O)[C@H]4C(C)(C)CCC[C@]4(C)[C@@]3(O)C=O)O[C@@]23C1=C[C@H](OC(C)=O)[C@H]1C(C)(C)CCC[C@@]13C. The third-order valence-corrected chi connectivity index (χ3v) is 12.6. The van der Waals surface area contributed by atoms with Gasteiger partial charge in [0.15, 0.2) is 36.4 Å². The minimum Gasteiger partial charge on any atom is -0.458 e. The number of aliphatic hydroxyl groups is 1. The van der Waals surface area contributed by atoms with Gasteiger partial charge in [0.1, 0.15) is 12.2 Å². The number of rotatable bonds is 5. The average Bonchev–Trinajstić information content (AvgIpc) is 3.43. The van der Waals surface area contributed by atoms with Crippen LogP contribution in [0, 0.1) is 33.5 Å². The predicted octanol–water partition coefficient (Wildman–Crippen LogP) is 4.77. The van der Waals surface area contributed by atoms with Crippen molar-refractivity contribution in [2.75, 3.05) is 7.11 Å². The van der Waals surface area contributed by atoms with Crippen LogP contribution in [0.5, 0.6) is 0 Å². The van der Waals surface area contributed by atoms with Gasteiger partial charge in [-0.3, -0.25) is 14.4 Å². The van der Waals surface area contributed by atoms with Crippen molar-refractivity contribution in [1.82, 2.24) is 0 Å². The van der Waals surface area contributed by atoms with E-state index in [4.69, 9.17) is 28.4 Å². The summed E-state index contributed by atoms with van der Waals surface area (Å²) >= 11 is 0. The van der Waals surface area contributed by atoms with Crippen molar-refractivity contribution in [3.63, 3.8) is 0 Å². The normalized spacial score (nSPS) is 47.6. The maximum Gasteiger partial charge on any atom is 0.303 e. The van der Waals surface area contributed by atoms with Gasteiger partial charge in [0.25, 0.3) is 0 Å². The van der Waals surface area contributed by atoms with Gasteiger partial charge in [-0.2, -0.15) is 0 Å². The number of carbonyl (C=O) groups is 3. The van der Waals surface area contributed by atoms with E-state index >= 15 is 0 Å². The molecular weight excluding hydrogens is 580 g/mol. The highest BCUT2D eigenvalue weighted by atomic mass is 16.9. The lowest BCUT2D eigenvalue weighted by molar-refractivity contribution is -0.214. The zero-order valence-electron chi connectivity index (χ0n) is 28.1. The topological polar surface area (TPSA) is 127 Å². The van der Waals surface area contributed by atoms with Crippen molar-refractivity contribution < 1.29 is 47.9 Å². The molecule has 10 nitrogen and oxygen atoms in total. The first-order valence-electron chi connectivity index (χ1n) is 16.4. The van der Waals surface area contributed by atoms with E-state index in [0.29, 0.717) is 18.3 Å². The van der Waals surface area contributed by atoms with E-state index in [-0.39, 0.29) is 34.2 Å². The number of aldehydes is 1. The molecule has 0 aromatic rings. The Morgan fingerprint density at radius 1 is 0.822 bits per heavy atom. The molecule has 0 aromatic heterocycles. The van der Waals surface area contributed by atoms with Crippen LogP contribution in [0.1, 0.15) is 93.9 Å². The van der Waals surface area contributed by atoms with Gasteiger partial charge < -0.3 is 33.5 Å². The summed E-state index contributed by atoms with van der Waals surface area (Å²) in [6.07, 6.45) is 4.83. The Hall–Kier alpha value is -2.11. The van der Waals surface area contributed by atoms with Crippen LogP contribution in [0.3, 0.4) is 0 Å². The Balaban J connectivity index is 1.52. The van der Waals surface area contributed by atoms with Crippen LogP contribution >= 0.6 is 0 Å². The Kier molecular flexibility index (Phi) is 7.62. The number of ether oxygens (including phenoxy) is 6. The van der Waals surface area contributed by atoms with Crippen LogP contribution < -0.4 is 0 Å². The highest BCUT2D eigenvalue weighted by Crippen LogP contribution is 2.70. The molecule has 11 atom stereocenters. The first kappa shape index (κ1) is 32.8. The molecule has 0 aromatic carbocycles. The van der Waals surface area contributed by atoms with Crippen molar-refractivity contribution in [3.05, 3.63) is 23.3 Å². The van der Waals surface area contributed by atoms with Gasteiger partial charge in [0.2, 0.25) is 0 Å². The van der Waals surface area contributed by atoms with Gasteiger partial charge in [0, 0.05) is 54.8 Å². The minimum atomic E-state index is -1.96. The Morgan fingerprint density at radius 3 is 1.84 bits per heavy atom. The quantitative estimate of drug-likeness (QED) is 0.258. The molecule has 0 bridgehead atoms. The van der Waals surface area contributed by atoms with Crippen LogP contribution in [0.2, 0.25) is 0 Å². The maximum atomic E-state index is 13.2. The molecular formula is C35H50O10. The lowest BCUT2D eigenvalue weighted by atomic mass is 9.46. The summed E-state index contributed by atoms with van der Waals surface area (Å²) in [5, 5.41) is 12.5. The molecule has 250 valence electrons. The molecule has 2 heterocycles. The summed E-state index contributed by atoms with van der Waals surface area (Å²) in [7, 11) is 1.54.